The molecule has 2 unspecified atom stereocenters. The van der Waals surface area contributed by atoms with Crippen molar-refractivity contribution in [1.29, 1.82) is 0 Å². The Balaban J connectivity index is 1.79. The predicted octanol–water partition coefficient (Wildman–Crippen LogP) is 0.672. The van der Waals surface area contributed by atoms with Gasteiger partial charge >= 0.3 is 0 Å². The summed E-state index contributed by atoms with van der Waals surface area (Å²) < 4.78 is 5.64. The number of morpholine rings is 1. The second-order valence-corrected chi connectivity index (χ2v) is 4.67. The van der Waals surface area contributed by atoms with Gasteiger partial charge in [0, 0.05) is 38.1 Å². The Hall–Kier alpha value is -0.970. The van der Waals surface area contributed by atoms with Crippen molar-refractivity contribution >= 4 is 0 Å². The lowest BCUT2D eigenvalue weighted by Crippen LogP contribution is -2.49. The number of hydrogen-bond donors (Lipinski definition) is 1. The summed E-state index contributed by atoms with van der Waals surface area (Å²) in [4.78, 5) is 6.45. The molecule has 1 aromatic heterocycles. The van der Waals surface area contributed by atoms with Crippen molar-refractivity contribution in [2.75, 3.05) is 26.2 Å². The molecule has 2 heterocycles. The van der Waals surface area contributed by atoms with E-state index in [1.165, 1.54) is 5.56 Å². The SMILES string of the molecule is CC(N)C1CN(CCc2ccncc2)CCO1. The van der Waals surface area contributed by atoms with Crippen LogP contribution < -0.4 is 5.73 Å². The van der Waals surface area contributed by atoms with E-state index < -0.39 is 0 Å². The highest BCUT2D eigenvalue weighted by atomic mass is 16.5. The molecule has 0 aliphatic carbocycles. The average molecular weight is 235 g/mol. The van der Waals surface area contributed by atoms with Crippen molar-refractivity contribution in [3.63, 3.8) is 0 Å². The maximum absolute atomic E-state index is 5.88. The van der Waals surface area contributed by atoms with Crippen LogP contribution in [0.15, 0.2) is 24.5 Å². The molecule has 1 aromatic rings. The van der Waals surface area contributed by atoms with E-state index in [0.717, 1.165) is 32.7 Å². The fourth-order valence-electron chi connectivity index (χ4n) is 2.09. The van der Waals surface area contributed by atoms with Gasteiger partial charge in [-0.25, -0.2) is 0 Å². The zero-order valence-corrected chi connectivity index (χ0v) is 10.4. The molecule has 1 saturated heterocycles. The fraction of sp³-hybridized carbons (Fsp3) is 0.615. The van der Waals surface area contributed by atoms with E-state index in [1.807, 2.05) is 19.3 Å². The number of nitrogens with zero attached hydrogens (tertiary/aromatic N) is 2. The van der Waals surface area contributed by atoms with Crippen molar-refractivity contribution in [3.8, 4) is 0 Å². The van der Waals surface area contributed by atoms with E-state index in [9.17, 15) is 0 Å². The monoisotopic (exact) mass is 235 g/mol. The molecule has 0 aromatic carbocycles. The zero-order valence-electron chi connectivity index (χ0n) is 10.4. The van der Waals surface area contributed by atoms with Crippen LogP contribution in [0.2, 0.25) is 0 Å². The molecule has 4 heteroatoms. The second kappa shape index (κ2) is 6.10. The molecule has 0 amide bonds. The lowest BCUT2D eigenvalue weighted by molar-refractivity contribution is -0.0371. The summed E-state index contributed by atoms with van der Waals surface area (Å²) in [7, 11) is 0. The molecule has 0 spiro atoms. The Morgan fingerprint density at radius 1 is 1.53 bits per heavy atom. The molecule has 0 bridgehead atoms. The smallest absolute Gasteiger partial charge is 0.0850 e. The Morgan fingerprint density at radius 2 is 2.29 bits per heavy atom. The molecule has 2 N–H and O–H groups in total. The van der Waals surface area contributed by atoms with Crippen molar-refractivity contribution in [2.24, 2.45) is 5.73 Å². The van der Waals surface area contributed by atoms with E-state index in [-0.39, 0.29) is 12.1 Å². The number of pyridine rings is 1. The van der Waals surface area contributed by atoms with Gasteiger partial charge in [0.05, 0.1) is 12.7 Å². The minimum Gasteiger partial charge on any atom is -0.374 e. The molecule has 17 heavy (non-hydrogen) atoms. The van der Waals surface area contributed by atoms with Gasteiger partial charge < -0.3 is 10.5 Å². The first-order valence-corrected chi connectivity index (χ1v) is 6.24. The second-order valence-electron chi connectivity index (χ2n) is 4.67. The molecule has 4 nitrogen and oxygen atoms in total. The van der Waals surface area contributed by atoms with Crippen LogP contribution in [0.3, 0.4) is 0 Å². The third-order valence-corrected chi connectivity index (χ3v) is 3.23. The molecule has 2 rings (SSSR count). The summed E-state index contributed by atoms with van der Waals surface area (Å²) in [6.45, 7) is 5.83. The zero-order chi connectivity index (χ0) is 12.1. The predicted molar refractivity (Wildman–Crippen MR) is 67.8 cm³/mol. The van der Waals surface area contributed by atoms with Crippen molar-refractivity contribution < 1.29 is 4.74 Å². The van der Waals surface area contributed by atoms with E-state index in [4.69, 9.17) is 10.5 Å². The van der Waals surface area contributed by atoms with Gasteiger partial charge in [0.1, 0.15) is 0 Å². The summed E-state index contributed by atoms with van der Waals surface area (Å²) in [5, 5.41) is 0. The largest absolute Gasteiger partial charge is 0.374 e. The van der Waals surface area contributed by atoms with Gasteiger partial charge in [0.15, 0.2) is 0 Å². The molecule has 1 aliphatic rings. The third-order valence-electron chi connectivity index (χ3n) is 3.23. The number of hydrogen-bond acceptors (Lipinski definition) is 4. The normalized spacial score (nSPS) is 23.5. The van der Waals surface area contributed by atoms with Crippen LogP contribution in [-0.4, -0.2) is 48.3 Å². The number of nitrogens with two attached hydrogens (primary N) is 1. The Bertz CT molecular complexity index is 329. The maximum atomic E-state index is 5.88. The standard InChI is InChI=1S/C13H21N3O/c1-11(14)13-10-16(8-9-17-13)7-4-12-2-5-15-6-3-12/h2-3,5-6,11,13H,4,7-10,14H2,1H3. The minimum absolute atomic E-state index is 0.110. The van der Waals surface area contributed by atoms with E-state index >= 15 is 0 Å². The Labute approximate surface area is 103 Å². The summed E-state index contributed by atoms with van der Waals surface area (Å²) in [5.41, 5.74) is 7.21. The number of aromatic nitrogens is 1. The fourth-order valence-corrected chi connectivity index (χ4v) is 2.09. The first kappa shape index (κ1) is 12.5. The van der Waals surface area contributed by atoms with Gasteiger partial charge in [-0.2, -0.15) is 0 Å². The van der Waals surface area contributed by atoms with Crippen molar-refractivity contribution in [2.45, 2.75) is 25.5 Å². The third kappa shape index (κ3) is 3.77. The highest BCUT2D eigenvalue weighted by Crippen LogP contribution is 2.09. The highest BCUT2D eigenvalue weighted by Gasteiger charge is 2.22. The van der Waals surface area contributed by atoms with E-state index in [0.29, 0.717) is 0 Å². The molecular formula is C13H21N3O. The summed E-state index contributed by atoms with van der Waals surface area (Å²) in [6, 6.07) is 4.26. The average Bonchev–Trinajstić information content (AvgIpc) is 2.38. The van der Waals surface area contributed by atoms with Crippen LogP contribution in [0.5, 0.6) is 0 Å². The van der Waals surface area contributed by atoms with Gasteiger partial charge in [-0.15, -0.1) is 0 Å². The molecule has 94 valence electrons. The van der Waals surface area contributed by atoms with Crippen LogP contribution in [0, 0.1) is 0 Å². The van der Waals surface area contributed by atoms with Gasteiger partial charge in [-0.3, -0.25) is 9.88 Å². The van der Waals surface area contributed by atoms with Gasteiger partial charge in [0.2, 0.25) is 0 Å². The molecule has 1 fully saturated rings. The first-order valence-electron chi connectivity index (χ1n) is 6.24. The topological polar surface area (TPSA) is 51.4 Å². The molecule has 2 atom stereocenters. The molecular weight excluding hydrogens is 214 g/mol. The highest BCUT2D eigenvalue weighted by molar-refractivity contribution is 5.09. The van der Waals surface area contributed by atoms with Crippen LogP contribution in [0.4, 0.5) is 0 Å². The quantitative estimate of drug-likeness (QED) is 0.833. The lowest BCUT2D eigenvalue weighted by Gasteiger charge is -2.34. The minimum atomic E-state index is 0.110. The Kier molecular flexibility index (Phi) is 4.48. The molecule has 0 saturated carbocycles. The van der Waals surface area contributed by atoms with Crippen LogP contribution >= 0.6 is 0 Å². The molecule has 1 aliphatic heterocycles. The van der Waals surface area contributed by atoms with E-state index in [1.54, 1.807) is 0 Å². The number of ether oxygens (including phenoxy) is 1. The van der Waals surface area contributed by atoms with Gasteiger partial charge in [0.25, 0.3) is 0 Å². The van der Waals surface area contributed by atoms with Crippen molar-refractivity contribution in [3.05, 3.63) is 30.1 Å². The summed E-state index contributed by atoms with van der Waals surface area (Å²) in [6.07, 6.45) is 4.94. The maximum Gasteiger partial charge on any atom is 0.0850 e. The van der Waals surface area contributed by atoms with Gasteiger partial charge in [-0.05, 0) is 31.0 Å². The summed E-state index contributed by atoms with van der Waals surface area (Å²) >= 11 is 0. The Morgan fingerprint density at radius 3 is 3.00 bits per heavy atom. The van der Waals surface area contributed by atoms with E-state index in [2.05, 4.69) is 22.0 Å². The van der Waals surface area contributed by atoms with Crippen LogP contribution in [-0.2, 0) is 11.2 Å². The first-order chi connectivity index (χ1) is 8.25. The van der Waals surface area contributed by atoms with Crippen LogP contribution in [0.25, 0.3) is 0 Å². The van der Waals surface area contributed by atoms with Gasteiger partial charge in [-0.1, -0.05) is 0 Å². The van der Waals surface area contributed by atoms with Crippen LogP contribution in [0.1, 0.15) is 12.5 Å². The lowest BCUT2D eigenvalue weighted by atomic mass is 10.1. The summed E-state index contributed by atoms with van der Waals surface area (Å²) in [5.74, 6) is 0. The molecule has 0 radical (unpaired) electrons. The number of rotatable bonds is 4. The van der Waals surface area contributed by atoms with Crippen molar-refractivity contribution in [1.82, 2.24) is 9.88 Å².